The molecule has 24 heavy (non-hydrogen) atoms. The van der Waals surface area contributed by atoms with E-state index in [9.17, 15) is 4.79 Å². The van der Waals surface area contributed by atoms with E-state index in [1.54, 1.807) is 7.11 Å². The van der Waals surface area contributed by atoms with Crippen molar-refractivity contribution in [2.24, 2.45) is 16.0 Å². The van der Waals surface area contributed by atoms with E-state index in [0.29, 0.717) is 18.3 Å². The van der Waals surface area contributed by atoms with Gasteiger partial charge < -0.3 is 4.74 Å². The molecule has 0 spiro atoms. The van der Waals surface area contributed by atoms with Crippen LogP contribution in [-0.2, 0) is 9.53 Å². The first kappa shape index (κ1) is 16.7. The van der Waals surface area contributed by atoms with Gasteiger partial charge >= 0.3 is 0 Å². The van der Waals surface area contributed by atoms with E-state index < -0.39 is 0 Å². The Morgan fingerprint density at radius 2 is 2.21 bits per heavy atom. The molecule has 2 heterocycles. The van der Waals surface area contributed by atoms with Gasteiger partial charge in [-0.1, -0.05) is 23.5 Å². The third-order valence-corrected chi connectivity index (χ3v) is 4.89. The lowest BCUT2D eigenvalue weighted by Crippen LogP contribution is -2.31. The van der Waals surface area contributed by atoms with Crippen molar-refractivity contribution in [1.82, 2.24) is 4.98 Å². The lowest BCUT2D eigenvalue weighted by Gasteiger charge is -2.11. The first-order valence-electron chi connectivity index (χ1n) is 7.86. The van der Waals surface area contributed by atoms with Gasteiger partial charge in [0, 0.05) is 26.0 Å². The quantitative estimate of drug-likeness (QED) is 0.597. The monoisotopic (exact) mass is 344 g/mol. The Morgan fingerprint density at radius 1 is 1.42 bits per heavy atom. The van der Waals surface area contributed by atoms with E-state index in [0.717, 1.165) is 28.1 Å². The number of methoxy groups -OCH3 is 1. The van der Waals surface area contributed by atoms with Gasteiger partial charge in [-0.2, -0.15) is 10.1 Å². The van der Waals surface area contributed by atoms with E-state index in [2.05, 4.69) is 15.1 Å². The fourth-order valence-corrected chi connectivity index (χ4v) is 3.61. The van der Waals surface area contributed by atoms with Gasteiger partial charge in [0.1, 0.15) is 5.92 Å². The van der Waals surface area contributed by atoms with Crippen molar-refractivity contribution >= 4 is 44.0 Å². The molecule has 1 aliphatic rings. The molecule has 0 aliphatic carbocycles. The molecule has 0 radical (unpaired) electrons. The summed E-state index contributed by atoms with van der Waals surface area (Å²) >= 11 is 1.47. The maximum atomic E-state index is 12.8. The molecule has 7 heteroatoms. The van der Waals surface area contributed by atoms with Crippen molar-refractivity contribution < 1.29 is 9.53 Å². The minimum atomic E-state index is -0.389. The highest BCUT2D eigenvalue weighted by atomic mass is 32.1. The molecule has 0 fully saturated rings. The third kappa shape index (κ3) is 3.22. The maximum Gasteiger partial charge on any atom is 0.264 e. The van der Waals surface area contributed by atoms with Gasteiger partial charge in [0.2, 0.25) is 5.13 Å². The van der Waals surface area contributed by atoms with Crippen LogP contribution in [0, 0.1) is 5.92 Å². The number of thiazole rings is 1. The van der Waals surface area contributed by atoms with Crippen LogP contribution in [0.2, 0.25) is 0 Å². The van der Waals surface area contributed by atoms with Crippen LogP contribution in [0.1, 0.15) is 20.3 Å². The van der Waals surface area contributed by atoms with Gasteiger partial charge in [0.05, 0.1) is 15.9 Å². The van der Waals surface area contributed by atoms with Crippen molar-refractivity contribution in [3.8, 4) is 0 Å². The minimum Gasteiger partial charge on any atom is -0.385 e. The molecule has 3 rings (SSSR count). The van der Waals surface area contributed by atoms with E-state index in [4.69, 9.17) is 4.74 Å². The highest BCUT2D eigenvalue weighted by molar-refractivity contribution is 7.22. The summed E-state index contributed by atoms with van der Waals surface area (Å²) in [4.78, 5) is 21.8. The molecular weight excluding hydrogens is 324 g/mol. The summed E-state index contributed by atoms with van der Waals surface area (Å²) in [5.41, 5.74) is 2.43. The number of aliphatic imine (C=N–C) groups is 1. The Kier molecular flexibility index (Phi) is 5.01. The van der Waals surface area contributed by atoms with E-state index >= 15 is 0 Å². The number of benzene rings is 1. The summed E-state index contributed by atoms with van der Waals surface area (Å²) in [6.07, 6.45) is 0.840. The second kappa shape index (κ2) is 7.19. The van der Waals surface area contributed by atoms with Crippen LogP contribution < -0.4 is 5.01 Å². The number of ether oxygens (including phenoxy) is 1. The molecule has 2 aromatic rings. The highest BCUT2D eigenvalue weighted by Crippen LogP contribution is 2.32. The summed E-state index contributed by atoms with van der Waals surface area (Å²) in [6.45, 7) is 5.07. The molecular formula is C17H20N4O2S. The van der Waals surface area contributed by atoms with E-state index in [1.807, 2.05) is 38.1 Å². The third-order valence-electron chi connectivity index (χ3n) is 3.88. The van der Waals surface area contributed by atoms with Gasteiger partial charge in [0.25, 0.3) is 5.91 Å². The number of para-hydroxylation sites is 1. The Bertz CT molecular complexity index is 779. The molecule has 1 aromatic carbocycles. The molecule has 0 bridgehead atoms. The Hall–Kier alpha value is -2.12. The molecule has 126 valence electrons. The fourth-order valence-electron chi connectivity index (χ4n) is 2.69. The van der Waals surface area contributed by atoms with Crippen LogP contribution in [0.4, 0.5) is 5.13 Å². The molecule has 1 amide bonds. The first-order chi connectivity index (χ1) is 11.6. The maximum absolute atomic E-state index is 12.8. The van der Waals surface area contributed by atoms with Gasteiger partial charge in [-0.3, -0.25) is 9.79 Å². The number of anilines is 1. The number of aromatic nitrogens is 1. The second-order valence-electron chi connectivity index (χ2n) is 5.66. The van der Waals surface area contributed by atoms with Crippen molar-refractivity contribution in [2.75, 3.05) is 25.3 Å². The number of carbonyl (C=O) groups excluding carboxylic acids is 1. The van der Waals surface area contributed by atoms with Crippen LogP contribution in [0.25, 0.3) is 10.2 Å². The van der Waals surface area contributed by atoms with E-state index in [-0.39, 0.29) is 11.8 Å². The highest BCUT2D eigenvalue weighted by Gasteiger charge is 2.37. The number of nitrogens with zero attached hydrogens (tertiary/aromatic N) is 4. The lowest BCUT2D eigenvalue weighted by atomic mass is 9.99. The zero-order chi connectivity index (χ0) is 17.1. The summed E-state index contributed by atoms with van der Waals surface area (Å²) in [5, 5.41) is 6.45. The summed E-state index contributed by atoms with van der Waals surface area (Å²) in [6, 6.07) is 7.83. The first-order valence-corrected chi connectivity index (χ1v) is 8.68. The standard InChI is InChI=1S/C17H20N4O2S/c1-11(18-9-6-10-23-3)15-12(2)20-21(16(15)22)17-19-13-7-4-5-8-14(13)24-17/h4-5,7-8,15H,6,9-10H2,1-3H3/t15-/m1/s1. The van der Waals surface area contributed by atoms with E-state index in [1.165, 1.54) is 16.3 Å². The Morgan fingerprint density at radius 3 is 2.96 bits per heavy atom. The molecule has 0 unspecified atom stereocenters. The van der Waals surface area contributed by atoms with Crippen molar-refractivity contribution in [3.05, 3.63) is 24.3 Å². The number of fused-ring (bicyclic) bond motifs is 1. The molecule has 0 N–H and O–H groups in total. The summed E-state index contributed by atoms with van der Waals surface area (Å²) in [5.74, 6) is -0.473. The zero-order valence-electron chi connectivity index (χ0n) is 14.0. The van der Waals surface area contributed by atoms with Crippen molar-refractivity contribution in [1.29, 1.82) is 0 Å². The number of rotatable bonds is 6. The molecule has 0 saturated carbocycles. The van der Waals surface area contributed by atoms with Crippen molar-refractivity contribution in [2.45, 2.75) is 20.3 Å². The average Bonchev–Trinajstić information content (AvgIpc) is 3.12. The van der Waals surface area contributed by atoms with Crippen LogP contribution in [0.3, 0.4) is 0 Å². The van der Waals surface area contributed by atoms with Gasteiger partial charge in [-0.05, 0) is 32.4 Å². The molecule has 1 aliphatic heterocycles. The molecule has 1 atom stereocenters. The number of hydrogen-bond acceptors (Lipinski definition) is 6. The van der Waals surface area contributed by atoms with Crippen molar-refractivity contribution in [3.63, 3.8) is 0 Å². The average molecular weight is 344 g/mol. The number of carbonyl (C=O) groups is 1. The number of amides is 1. The SMILES string of the molecule is COCCCN=C(C)[C@H]1C(=O)N(c2nc3ccccc3s2)N=C1C. The summed E-state index contributed by atoms with van der Waals surface area (Å²) < 4.78 is 6.06. The van der Waals surface area contributed by atoms with Gasteiger partial charge in [0.15, 0.2) is 0 Å². The van der Waals surface area contributed by atoms with Gasteiger partial charge in [-0.25, -0.2) is 4.98 Å². The predicted octanol–water partition coefficient (Wildman–Crippen LogP) is 3.13. The lowest BCUT2D eigenvalue weighted by molar-refractivity contribution is -0.118. The summed E-state index contributed by atoms with van der Waals surface area (Å²) in [7, 11) is 1.67. The topological polar surface area (TPSA) is 67.2 Å². The molecule has 0 saturated heterocycles. The second-order valence-corrected chi connectivity index (χ2v) is 6.67. The fraction of sp³-hybridized carbons (Fsp3) is 0.412. The van der Waals surface area contributed by atoms with Crippen LogP contribution in [0.15, 0.2) is 34.4 Å². The largest absolute Gasteiger partial charge is 0.385 e. The molecule has 1 aromatic heterocycles. The number of hydrazone groups is 1. The minimum absolute atomic E-state index is 0.0838. The molecule has 6 nitrogen and oxygen atoms in total. The predicted molar refractivity (Wildman–Crippen MR) is 98.2 cm³/mol. The zero-order valence-corrected chi connectivity index (χ0v) is 14.8. The smallest absolute Gasteiger partial charge is 0.264 e. The Labute approximate surface area is 144 Å². The van der Waals surface area contributed by atoms with Gasteiger partial charge in [-0.15, -0.1) is 0 Å². The van der Waals surface area contributed by atoms with Crippen LogP contribution in [0.5, 0.6) is 0 Å². The normalized spacial score (nSPS) is 18.5. The van der Waals surface area contributed by atoms with Crippen LogP contribution in [-0.4, -0.2) is 42.6 Å². The number of hydrogen-bond donors (Lipinski definition) is 0. The Balaban J connectivity index is 1.79. The van der Waals surface area contributed by atoms with Crippen LogP contribution >= 0.6 is 11.3 Å².